The predicted molar refractivity (Wildman–Crippen MR) is 46.6 cm³/mol. The normalized spacial score (nSPS) is 23.6. The van der Waals surface area contributed by atoms with Gasteiger partial charge in [-0.25, -0.2) is 0 Å². The first-order valence-electron chi connectivity index (χ1n) is 4.27. The first kappa shape index (κ1) is 10.8. The van der Waals surface area contributed by atoms with Crippen molar-refractivity contribution in [3.63, 3.8) is 0 Å². The van der Waals surface area contributed by atoms with Crippen molar-refractivity contribution in [3.05, 3.63) is 0 Å². The van der Waals surface area contributed by atoms with Crippen molar-refractivity contribution < 1.29 is 19.0 Å². The van der Waals surface area contributed by atoms with Crippen LogP contribution < -0.4 is 0 Å². The minimum absolute atomic E-state index is 0.210. The molecule has 0 spiro atoms. The van der Waals surface area contributed by atoms with E-state index in [0.717, 1.165) is 6.42 Å². The zero-order chi connectivity index (χ0) is 9.52. The summed E-state index contributed by atoms with van der Waals surface area (Å²) in [5, 5.41) is 0. The molecule has 1 unspecified atom stereocenters. The van der Waals surface area contributed by atoms with Gasteiger partial charge in [0.2, 0.25) is 6.29 Å². The lowest BCUT2D eigenvalue weighted by molar-refractivity contribution is -0.183. The molecule has 0 bridgehead atoms. The Bertz CT molecular complexity index is 154. The highest BCUT2D eigenvalue weighted by Crippen LogP contribution is 2.04. The fraction of sp³-hybridized carbons (Fsp3) is 0.875. The van der Waals surface area contributed by atoms with Gasteiger partial charge in [0.1, 0.15) is 6.61 Å². The maximum atomic E-state index is 11.0. The molecule has 5 heteroatoms. The summed E-state index contributed by atoms with van der Waals surface area (Å²) in [4.78, 5) is 11.0. The number of hydrogen-bond donors (Lipinski definition) is 0. The van der Waals surface area contributed by atoms with Crippen LogP contribution in [0.5, 0.6) is 0 Å². The van der Waals surface area contributed by atoms with Crippen molar-refractivity contribution >= 4 is 17.6 Å². The maximum absolute atomic E-state index is 11.0. The van der Waals surface area contributed by atoms with Crippen molar-refractivity contribution in [3.8, 4) is 0 Å². The number of carbonyl (C=O) groups is 1. The maximum Gasteiger partial charge on any atom is 0.309 e. The SMILES string of the molecule is O=C(CCCl)OC1COCCCO1. The molecule has 0 saturated carbocycles. The van der Waals surface area contributed by atoms with Crippen LogP contribution >= 0.6 is 11.6 Å². The minimum Gasteiger partial charge on any atom is -0.433 e. The first-order chi connectivity index (χ1) is 6.33. The van der Waals surface area contributed by atoms with E-state index in [1.54, 1.807) is 0 Å². The highest BCUT2D eigenvalue weighted by molar-refractivity contribution is 6.18. The molecule has 0 aromatic carbocycles. The van der Waals surface area contributed by atoms with Crippen LogP contribution in [0.3, 0.4) is 0 Å². The molecule has 1 saturated heterocycles. The highest BCUT2D eigenvalue weighted by atomic mass is 35.5. The van der Waals surface area contributed by atoms with E-state index >= 15 is 0 Å². The van der Waals surface area contributed by atoms with E-state index < -0.39 is 6.29 Å². The van der Waals surface area contributed by atoms with Gasteiger partial charge in [-0.15, -0.1) is 11.6 Å². The predicted octanol–water partition coefficient (Wildman–Crippen LogP) is 0.921. The molecular weight excluding hydrogens is 196 g/mol. The number of esters is 1. The van der Waals surface area contributed by atoms with E-state index in [4.69, 9.17) is 25.8 Å². The van der Waals surface area contributed by atoms with Gasteiger partial charge in [-0.1, -0.05) is 0 Å². The first-order valence-corrected chi connectivity index (χ1v) is 4.81. The second-order valence-corrected chi connectivity index (χ2v) is 3.04. The Kier molecular flexibility index (Phi) is 5.12. The Morgan fingerprint density at radius 1 is 1.54 bits per heavy atom. The van der Waals surface area contributed by atoms with Gasteiger partial charge in [-0.3, -0.25) is 4.79 Å². The largest absolute Gasteiger partial charge is 0.433 e. The molecule has 76 valence electrons. The third-order valence-corrected chi connectivity index (χ3v) is 1.74. The number of halogens is 1. The molecule has 1 rings (SSSR count). The van der Waals surface area contributed by atoms with Crippen LogP contribution in [0.4, 0.5) is 0 Å². The van der Waals surface area contributed by atoms with Crippen molar-refractivity contribution in [2.45, 2.75) is 19.1 Å². The Morgan fingerprint density at radius 3 is 3.15 bits per heavy atom. The number of alkyl halides is 1. The van der Waals surface area contributed by atoms with Crippen molar-refractivity contribution in [2.24, 2.45) is 0 Å². The number of carbonyl (C=O) groups excluding carboxylic acids is 1. The van der Waals surface area contributed by atoms with Gasteiger partial charge in [0.05, 0.1) is 13.0 Å². The Morgan fingerprint density at radius 2 is 2.38 bits per heavy atom. The molecule has 1 atom stereocenters. The van der Waals surface area contributed by atoms with Gasteiger partial charge >= 0.3 is 5.97 Å². The average molecular weight is 209 g/mol. The van der Waals surface area contributed by atoms with E-state index in [1.165, 1.54) is 0 Å². The number of rotatable bonds is 3. The zero-order valence-electron chi connectivity index (χ0n) is 7.33. The van der Waals surface area contributed by atoms with Crippen LogP contribution in [0.25, 0.3) is 0 Å². The molecule has 0 aliphatic carbocycles. The van der Waals surface area contributed by atoms with Gasteiger partial charge < -0.3 is 14.2 Å². The fourth-order valence-corrected chi connectivity index (χ4v) is 1.11. The highest BCUT2D eigenvalue weighted by Gasteiger charge is 2.16. The summed E-state index contributed by atoms with van der Waals surface area (Å²) in [7, 11) is 0. The molecule has 0 radical (unpaired) electrons. The monoisotopic (exact) mass is 208 g/mol. The molecule has 1 heterocycles. The Balaban J connectivity index is 2.21. The topological polar surface area (TPSA) is 44.8 Å². The molecule has 1 fully saturated rings. The van der Waals surface area contributed by atoms with Crippen LogP contribution in [-0.4, -0.2) is 38.0 Å². The van der Waals surface area contributed by atoms with Gasteiger partial charge in [-0.05, 0) is 6.42 Å². The number of ether oxygens (including phenoxy) is 3. The Hall–Kier alpha value is -0.320. The molecule has 0 amide bonds. The molecule has 0 N–H and O–H groups in total. The molecular formula is C8H13ClO4. The van der Waals surface area contributed by atoms with Crippen LogP contribution in [0.2, 0.25) is 0 Å². The molecule has 1 aliphatic rings. The molecule has 1 aliphatic heterocycles. The fourth-order valence-electron chi connectivity index (χ4n) is 0.954. The van der Waals surface area contributed by atoms with E-state index in [-0.39, 0.29) is 18.3 Å². The molecule has 0 aromatic heterocycles. The van der Waals surface area contributed by atoms with E-state index in [1.807, 2.05) is 0 Å². The molecule has 13 heavy (non-hydrogen) atoms. The van der Waals surface area contributed by atoms with Gasteiger partial charge in [0, 0.05) is 12.5 Å². The van der Waals surface area contributed by atoms with E-state index in [9.17, 15) is 4.79 Å². The summed E-state index contributed by atoms with van der Waals surface area (Å²) in [6.45, 7) is 1.54. The van der Waals surface area contributed by atoms with Crippen molar-refractivity contribution in [1.29, 1.82) is 0 Å². The summed E-state index contributed by atoms with van der Waals surface area (Å²) < 4.78 is 15.3. The second kappa shape index (κ2) is 6.18. The van der Waals surface area contributed by atoms with Gasteiger partial charge in [0.25, 0.3) is 0 Å². The van der Waals surface area contributed by atoms with Crippen molar-refractivity contribution in [2.75, 3.05) is 25.7 Å². The smallest absolute Gasteiger partial charge is 0.309 e. The average Bonchev–Trinajstić information content (AvgIpc) is 2.33. The summed E-state index contributed by atoms with van der Waals surface area (Å²) in [5.41, 5.74) is 0. The van der Waals surface area contributed by atoms with Crippen LogP contribution in [0.1, 0.15) is 12.8 Å². The number of hydrogen-bond acceptors (Lipinski definition) is 4. The lowest BCUT2D eigenvalue weighted by Gasteiger charge is -2.14. The van der Waals surface area contributed by atoms with Crippen LogP contribution in [0, 0.1) is 0 Å². The minimum atomic E-state index is -0.557. The second-order valence-electron chi connectivity index (χ2n) is 2.66. The van der Waals surface area contributed by atoms with Crippen LogP contribution in [0.15, 0.2) is 0 Å². The third-order valence-electron chi connectivity index (χ3n) is 1.55. The standard InChI is InChI=1S/C8H13ClO4/c9-3-2-7(10)13-8-6-11-4-1-5-12-8/h8H,1-6H2. The quantitative estimate of drug-likeness (QED) is 0.511. The molecule has 4 nitrogen and oxygen atoms in total. The summed E-state index contributed by atoms with van der Waals surface area (Å²) in [6, 6.07) is 0. The van der Waals surface area contributed by atoms with Crippen LogP contribution in [-0.2, 0) is 19.0 Å². The molecule has 0 aromatic rings. The zero-order valence-corrected chi connectivity index (χ0v) is 8.09. The summed E-state index contributed by atoms with van der Waals surface area (Å²) in [6.07, 6.45) is 0.489. The third kappa shape index (κ3) is 4.45. The van der Waals surface area contributed by atoms with Gasteiger partial charge in [0.15, 0.2) is 0 Å². The van der Waals surface area contributed by atoms with E-state index in [0.29, 0.717) is 19.8 Å². The Labute approximate surface area is 82.1 Å². The lowest BCUT2D eigenvalue weighted by Crippen LogP contribution is -2.25. The van der Waals surface area contributed by atoms with Crippen molar-refractivity contribution in [1.82, 2.24) is 0 Å². The summed E-state index contributed by atoms with van der Waals surface area (Å²) in [5.74, 6) is -0.0719. The van der Waals surface area contributed by atoms with Gasteiger partial charge in [-0.2, -0.15) is 0 Å². The lowest BCUT2D eigenvalue weighted by atomic mass is 10.5. The summed E-state index contributed by atoms with van der Waals surface area (Å²) >= 11 is 5.37. The van der Waals surface area contributed by atoms with E-state index in [2.05, 4.69) is 0 Å².